The Hall–Kier alpha value is -1.80. The lowest BCUT2D eigenvalue weighted by Crippen LogP contribution is -2.18. The zero-order valence-corrected chi connectivity index (χ0v) is 12.2. The van der Waals surface area contributed by atoms with E-state index >= 15 is 0 Å². The second-order valence-corrected chi connectivity index (χ2v) is 6.88. The molecule has 0 saturated carbocycles. The average Bonchev–Trinajstić information content (AvgIpc) is 2.41. The highest BCUT2D eigenvalue weighted by Crippen LogP contribution is 2.24. The maximum Gasteiger partial charge on any atom is 0.234 e. The van der Waals surface area contributed by atoms with Crippen molar-refractivity contribution >= 4 is 33.3 Å². The molecule has 20 heavy (non-hydrogen) atoms. The van der Waals surface area contributed by atoms with Crippen molar-refractivity contribution in [3.63, 3.8) is 0 Å². The van der Waals surface area contributed by atoms with E-state index in [1.54, 1.807) is 6.07 Å². The topological polar surface area (TPSA) is 98.0 Å². The molecule has 1 aromatic carbocycles. The summed E-state index contributed by atoms with van der Waals surface area (Å²) in [6.07, 6.45) is 4.27. The van der Waals surface area contributed by atoms with E-state index in [-0.39, 0.29) is 11.6 Å². The molecule has 2 rings (SSSR count). The number of nitrogens with two attached hydrogens (primary N) is 1. The van der Waals surface area contributed by atoms with E-state index in [0.29, 0.717) is 11.4 Å². The summed E-state index contributed by atoms with van der Waals surface area (Å²) in [6, 6.07) is 7.36. The third-order valence-electron chi connectivity index (χ3n) is 2.35. The van der Waals surface area contributed by atoms with Gasteiger partial charge in [0.2, 0.25) is 10.0 Å². The second kappa shape index (κ2) is 6.58. The lowest BCUT2D eigenvalue weighted by molar-refractivity contribution is 0.602. The molecule has 106 valence electrons. The van der Waals surface area contributed by atoms with E-state index < -0.39 is 10.0 Å². The predicted molar refractivity (Wildman–Crippen MR) is 81.0 cm³/mol. The highest BCUT2D eigenvalue weighted by Gasteiger charge is 2.11. The van der Waals surface area contributed by atoms with Crippen LogP contribution in [0.25, 0.3) is 0 Å². The highest BCUT2D eigenvalue weighted by molar-refractivity contribution is 8.01. The Kier molecular flexibility index (Phi) is 4.80. The number of hydrogen-bond acceptors (Lipinski definition) is 6. The SMILES string of the molecule is Nc1ccccc1SCCS(=O)(=O)Nc1cnccn1. The number of nitrogens with zero attached hydrogens (tertiary/aromatic N) is 2. The van der Waals surface area contributed by atoms with Crippen molar-refractivity contribution in [1.82, 2.24) is 9.97 Å². The van der Waals surface area contributed by atoms with Crippen molar-refractivity contribution < 1.29 is 8.42 Å². The maximum absolute atomic E-state index is 11.9. The molecule has 8 heteroatoms. The molecule has 0 aliphatic carbocycles. The number of aromatic nitrogens is 2. The first-order chi connectivity index (χ1) is 9.57. The van der Waals surface area contributed by atoms with Crippen molar-refractivity contribution in [3.8, 4) is 0 Å². The average molecular weight is 310 g/mol. The Morgan fingerprint density at radius 2 is 2.05 bits per heavy atom. The van der Waals surface area contributed by atoms with Crippen LogP contribution in [0.1, 0.15) is 0 Å². The Balaban J connectivity index is 1.89. The van der Waals surface area contributed by atoms with E-state index in [1.165, 1.54) is 30.4 Å². The van der Waals surface area contributed by atoms with Crippen LogP contribution in [0.3, 0.4) is 0 Å². The Morgan fingerprint density at radius 1 is 1.25 bits per heavy atom. The molecule has 0 radical (unpaired) electrons. The van der Waals surface area contributed by atoms with Gasteiger partial charge in [0.1, 0.15) is 0 Å². The minimum absolute atomic E-state index is 0.0252. The summed E-state index contributed by atoms with van der Waals surface area (Å²) < 4.78 is 26.1. The first-order valence-electron chi connectivity index (χ1n) is 5.81. The van der Waals surface area contributed by atoms with Gasteiger partial charge in [-0.3, -0.25) is 9.71 Å². The Bertz CT molecular complexity index is 662. The standard InChI is InChI=1S/C12H14N4O2S2/c13-10-3-1-2-4-11(10)19-7-8-20(17,18)16-12-9-14-5-6-15-12/h1-6,9H,7-8,13H2,(H,15,16). The van der Waals surface area contributed by atoms with Gasteiger partial charge in [-0.15, -0.1) is 11.8 Å². The minimum atomic E-state index is -3.43. The maximum atomic E-state index is 11.9. The summed E-state index contributed by atoms with van der Waals surface area (Å²) >= 11 is 1.40. The largest absolute Gasteiger partial charge is 0.398 e. The molecule has 0 aliphatic heterocycles. The number of para-hydroxylation sites is 1. The molecule has 6 nitrogen and oxygen atoms in total. The van der Waals surface area contributed by atoms with E-state index in [2.05, 4.69) is 14.7 Å². The quantitative estimate of drug-likeness (QED) is 0.621. The van der Waals surface area contributed by atoms with Gasteiger partial charge in [0.05, 0.1) is 11.9 Å². The predicted octanol–water partition coefficient (Wildman–Crippen LogP) is 1.59. The fourth-order valence-corrected chi connectivity index (χ4v) is 3.80. The van der Waals surface area contributed by atoms with Gasteiger partial charge >= 0.3 is 0 Å². The molecule has 0 atom stereocenters. The number of hydrogen-bond donors (Lipinski definition) is 2. The molecule has 0 fully saturated rings. The Morgan fingerprint density at radius 3 is 2.75 bits per heavy atom. The molecular weight excluding hydrogens is 296 g/mol. The number of anilines is 2. The summed E-state index contributed by atoms with van der Waals surface area (Å²) in [7, 11) is -3.43. The van der Waals surface area contributed by atoms with Crippen LogP contribution in [0, 0.1) is 0 Å². The van der Waals surface area contributed by atoms with Gasteiger partial charge in [-0.05, 0) is 12.1 Å². The van der Waals surface area contributed by atoms with Gasteiger partial charge in [0.25, 0.3) is 0 Å². The van der Waals surface area contributed by atoms with E-state index in [0.717, 1.165) is 4.90 Å². The summed E-state index contributed by atoms with van der Waals surface area (Å²) in [5, 5.41) is 0. The lowest BCUT2D eigenvalue weighted by Gasteiger charge is -2.07. The zero-order valence-electron chi connectivity index (χ0n) is 10.6. The van der Waals surface area contributed by atoms with Gasteiger partial charge in [-0.2, -0.15) is 0 Å². The number of sulfonamides is 1. The summed E-state index contributed by atoms with van der Waals surface area (Å²) in [6.45, 7) is 0. The van der Waals surface area contributed by atoms with Crippen LogP contribution >= 0.6 is 11.8 Å². The van der Waals surface area contributed by atoms with Gasteiger partial charge in [-0.25, -0.2) is 13.4 Å². The molecule has 0 spiro atoms. The molecule has 2 aromatic rings. The fourth-order valence-electron chi connectivity index (χ4n) is 1.44. The monoisotopic (exact) mass is 310 g/mol. The Labute approximate surface area is 121 Å². The summed E-state index contributed by atoms with van der Waals surface area (Å²) in [5.74, 6) is 0.601. The van der Waals surface area contributed by atoms with E-state index in [9.17, 15) is 8.42 Å². The number of benzene rings is 1. The van der Waals surface area contributed by atoms with Crippen molar-refractivity contribution in [2.45, 2.75) is 4.90 Å². The molecule has 0 bridgehead atoms. The van der Waals surface area contributed by atoms with Crippen molar-refractivity contribution in [2.75, 3.05) is 22.0 Å². The third kappa shape index (κ3) is 4.39. The number of thioether (sulfide) groups is 1. The first-order valence-corrected chi connectivity index (χ1v) is 8.44. The zero-order chi connectivity index (χ0) is 14.4. The van der Waals surface area contributed by atoms with Crippen molar-refractivity contribution in [1.29, 1.82) is 0 Å². The number of nitrogen functional groups attached to an aromatic ring is 1. The van der Waals surface area contributed by atoms with Crippen LogP contribution < -0.4 is 10.5 Å². The molecule has 1 aromatic heterocycles. The van der Waals surface area contributed by atoms with Crippen molar-refractivity contribution in [2.24, 2.45) is 0 Å². The van der Waals surface area contributed by atoms with E-state index in [1.807, 2.05) is 18.2 Å². The molecule has 0 amide bonds. The van der Waals surface area contributed by atoms with Crippen LogP contribution in [0.15, 0.2) is 47.8 Å². The van der Waals surface area contributed by atoms with Crippen LogP contribution in [-0.2, 0) is 10.0 Å². The second-order valence-electron chi connectivity index (χ2n) is 3.90. The van der Waals surface area contributed by atoms with Crippen LogP contribution in [0.5, 0.6) is 0 Å². The number of rotatable bonds is 6. The number of nitrogens with one attached hydrogen (secondary N) is 1. The van der Waals surface area contributed by atoms with Gasteiger partial charge < -0.3 is 5.73 Å². The third-order valence-corrected chi connectivity index (χ3v) is 4.96. The normalized spacial score (nSPS) is 11.2. The smallest absolute Gasteiger partial charge is 0.234 e. The van der Waals surface area contributed by atoms with Crippen molar-refractivity contribution in [3.05, 3.63) is 42.9 Å². The molecule has 0 unspecified atom stereocenters. The van der Waals surface area contributed by atoms with Gasteiger partial charge in [0.15, 0.2) is 5.82 Å². The molecule has 1 heterocycles. The first kappa shape index (κ1) is 14.6. The molecular formula is C12H14N4O2S2. The van der Waals surface area contributed by atoms with Gasteiger partial charge in [0, 0.05) is 28.7 Å². The summed E-state index contributed by atoms with van der Waals surface area (Å²) in [4.78, 5) is 8.54. The van der Waals surface area contributed by atoms with Crippen LogP contribution in [0.2, 0.25) is 0 Å². The molecule has 0 saturated heterocycles. The van der Waals surface area contributed by atoms with Crippen LogP contribution in [-0.4, -0.2) is 29.9 Å². The van der Waals surface area contributed by atoms with Gasteiger partial charge in [-0.1, -0.05) is 12.1 Å². The molecule has 0 aliphatic rings. The fraction of sp³-hybridized carbons (Fsp3) is 0.167. The van der Waals surface area contributed by atoms with Crippen LogP contribution in [0.4, 0.5) is 11.5 Å². The molecule has 3 N–H and O–H groups in total. The summed E-state index contributed by atoms with van der Waals surface area (Å²) in [5.41, 5.74) is 6.44. The highest BCUT2D eigenvalue weighted by atomic mass is 32.2. The van der Waals surface area contributed by atoms with E-state index in [4.69, 9.17) is 5.73 Å². The minimum Gasteiger partial charge on any atom is -0.398 e. The lowest BCUT2D eigenvalue weighted by atomic mass is 10.3.